The fraction of sp³-hybridized carbons (Fsp3) is 0.756. The highest BCUT2D eigenvalue weighted by Gasteiger charge is 2.23. The van der Waals surface area contributed by atoms with Gasteiger partial charge in [-0.25, -0.2) is 4.57 Å². The number of aliphatic hydroxyl groups is 1. The predicted octanol–water partition coefficient (Wildman–Crippen LogP) is 10.8. The number of phosphoric ester groups is 1. The molecule has 0 aromatic rings. The van der Waals surface area contributed by atoms with Crippen LogP contribution >= 0.6 is 7.82 Å². The van der Waals surface area contributed by atoms with E-state index >= 15 is 0 Å². The second-order valence-corrected chi connectivity index (χ2v) is 14.7. The summed E-state index contributed by atoms with van der Waals surface area (Å²) in [6, 6.07) is 0. The molecule has 51 heavy (non-hydrogen) atoms. The summed E-state index contributed by atoms with van der Waals surface area (Å²) in [7, 11) is -4.42. The van der Waals surface area contributed by atoms with E-state index in [2.05, 4.69) is 67.8 Å². The number of nitrogens with one attached hydrogen (secondary N) is 1. The number of hydrogen-bond donors (Lipinski definition) is 3. The van der Waals surface area contributed by atoms with Crippen molar-refractivity contribution in [1.82, 2.24) is 5.32 Å². The number of phosphoric acid groups is 1. The highest BCUT2D eigenvalue weighted by Crippen LogP contribution is 2.42. The normalized spacial score (nSPS) is 13.9. The molecule has 0 aliphatic carbocycles. The van der Waals surface area contributed by atoms with Crippen molar-refractivity contribution in [2.24, 2.45) is 0 Å². The van der Waals surface area contributed by atoms with Crippen molar-refractivity contribution in [3.05, 3.63) is 48.6 Å². The lowest BCUT2D eigenvalue weighted by Gasteiger charge is -2.15. The highest BCUT2D eigenvalue weighted by molar-refractivity contribution is 7.47. The molecule has 0 bridgehead atoms. The van der Waals surface area contributed by atoms with Gasteiger partial charge in [-0.1, -0.05) is 133 Å². The van der Waals surface area contributed by atoms with Gasteiger partial charge in [0.15, 0.2) is 0 Å². The minimum atomic E-state index is -4.42. The zero-order valence-corrected chi connectivity index (χ0v) is 33.2. The van der Waals surface area contributed by atoms with Gasteiger partial charge in [-0.2, -0.15) is 0 Å². The van der Waals surface area contributed by atoms with Crippen molar-refractivity contribution >= 4 is 19.7 Å². The number of unbranched alkanes of at least 4 members (excludes halogenated alkanes) is 16. The standard InChI is InChI=1S/C41H74NO8P/c1-3-5-7-9-11-13-15-17-18-19-20-22-24-26-28-30-32-34-41(45)48-37-39(43)38-50-51(46,47)49-36-35-42-40(44)33-31-29-27-25-23-21-16-14-12-10-8-6-4-2/h6,8,12,14,17-18,21,23,39,43H,3-5,7,9-11,13,15-16,19-20,22,24-38H2,1-2H3,(H,42,44)(H,46,47)/b8-6-,14-12-,18-17-,23-21-. The Morgan fingerprint density at radius 1 is 0.627 bits per heavy atom. The smallest absolute Gasteiger partial charge is 0.463 e. The van der Waals surface area contributed by atoms with Crippen molar-refractivity contribution in [2.75, 3.05) is 26.4 Å². The van der Waals surface area contributed by atoms with Gasteiger partial charge in [0.25, 0.3) is 0 Å². The SMILES string of the molecule is CC/C=C\C/C=C\C/C=C\CCCCCC(=O)NCCOP(=O)(O)OCC(O)COC(=O)CCCCCCCCC/C=C\CCCCCCCC. The van der Waals surface area contributed by atoms with Gasteiger partial charge in [-0.3, -0.25) is 18.6 Å². The molecule has 2 unspecified atom stereocenters. The Hall–Kier alpha value is -2.03. The van der Waals surface area contributed by atoms with Crippen molar-refractivity contribution in [2.45, 2.75) is 174 Å². The number of carbonyl (C=O) groups excluding carboxylic acids is 2. The van der Waals surface area contributed by atoms with Gasteiger partial charge in [0.2, 0.25) is 5.91 Å². The minimum absolute atomic E-state index is 0.0639. The third-order valence-corrected chi connectivity index (χ3v) is 9.23. The van der Waals surface area contributed by atoms with Gasteiger partial charge >= 0.3 is 13.8 Å². The van der Waals surface area contributed by atoms with E-state index in [4.69, 9.17) is 13.8 Å². The Morgan fingerprint density at radius 3 is 1.73 bits per heavy atom. The topological polar surface area (TPSA) is 131 Å². The van der Waals surface area contributed by atoms with Crippen molar-refractivity contribution < 1.29 is 37.9 Å². The molecule has 1 amide bonds. The number of hydrogen-bond acceptors (Lipinski definition) is 7. The molecule has 9 nitrogen and oxygen atoms in total. The van der Waals surface area contributed by atoms with E-state index in [1.54, 1.807) is 0 Å². The molecule has 3 N–H and O–H groups in total. The van der Waals surface area contributed by atoms with Gasteiger partial charge in [-0.05, 0) is 70.6 Å². The van der Waals surface area contributed by atoms with Gasteiger partial charge in [0.1, 0.15) is 12.7 Å². The third kappa shape index (κ3) is 39.0. The highest BCUT2D eigenvalue weighted by atomic mass is 31.2. The quantitative estimate of drug-likeness (QED) is 0.0248. The van der Waals surface area contributed by atoms with E-state index < -0.39 is 26.5 Å². The van der Waals surface area contributed by atoms with Gasteiger partial charge in [0.05, 0.1) is 13.2 Å². The molecule has 10 heteroatoms. The molecule has 0 heterocycles. The average molecular weight is 740 g/mol. The fourth-order valence-electron chi connectivity index (χ4n) is 5.21. The zero-order valence-electron chi connectivity index (χ0n) is 32.3. The van der Waals surface area contributed by atoms with Crippen LogP contribution in [0.3, 0.4) is 0 Å². The molecule has 0 aromatic heterocycles. The fourth-order valence-corrected chi connectivity index (χ4v) is 5.97. The summed E-state index contributed by atoms with van der Waals surface area (Å²) in [6.07, 6.45) is 41.9. The van der Waals surface area contributed by atoms with Gasteiger partial charge in [-0.15, -0.1) is 0 Å². The van der Waals surface area contributed by atoms with Crippen LogP contribution in [0.5, 0.6) is 0 Å². The van der Waals surface area contributed by atoms with Crippen LogP contribution in [0.4, 0.5) is 0 Å². The van der Waals surface area contributed by atoms with Crippen LogP contribution in [-0.4, -0.2) is 54.3 Å². The lowest BCUT2D eigenvalue weighted by molar-refractivity contribution is -0.147. The molecule has 0 aromatic carbocycles. The molecule has 2 atom stereocenters. The molecule has 0 aliphatic heterocycles. The summed E-state index contributed by atoms with van der Waals surface area (Å²) in [5.74, 6) is -0.553. The first kappa shape index (κ1) is 49.0. The Morgan fingerprint density at radius 2 is 1.12 bits per heavy atom. The summed E-state index contributed by atoms with van der Waals surface area (Å²) in [5, 5.41) is 12.6. The van der Waals surface area contributed by atoms with Crippen LogP contribution in [0, 0.1) is 0 Å². The molecule has 0 rings (SSSR count). The maximum atomic E-state index is 12.1. The first-order valence-electron chi connectivity index (χ1n) is 20.1. The Labute approximate surface area is 311 Å². The van der Waals surface area contributed by atoms with Crippen molar-refractivity contribution in [3.63, 3.8) is 0 Å². The van der Waals surface area contributed by atoms with E-state index in [0.717, 1.165) is 77.0 Å². The van der Waals surface area contributed by atoms with Crippen molar-refractivity contribution in [3.8, 4) is 0 Å². The van der Waals surface area contributed by atoms with Crippen LogP contribution in [-0.2, 0) is 27.9 Å². The number of carbonyl (C=O) groups is 2. The van der Waals surface area contributed by atoms with E-state index in [9.17, 15) is 24.2 Å². The van der Waals surface area contributed by atoms with Crippen LogP contribution in [0.15, 0.2) is 48.6 Å². The molecular weight excluding hydrogens is 665 g/mol. The average Bonchev–Trinajstić information content (AvgIpc) is 3.11. The largest absolute Gasteiger partial charge is 0.472 e. The molecule has 0 saturated heterocycles. The minimum Gasteiger partial charge on any atom is -0.463 e. The predicted molar refractivity (Wildman–Crippen MR) is 210 cm³/mol. The summed E-state index contributed by atoms with van der Waals surface area (Å²) in [5.41, 5.74) is 0. The van der Waals surface area contributed by atoms with E-state index in [0.29, 0.717) is 6.42 Å². The number of ether oxygens (including phenoxy) is 1. The number of rotatable bonds is 37. The van der Waals surface area contributed by atoms with Crippen LogP contribution in [0.1, 0.15) is 168 Å². The van der Waals surface area contributed by atoms with E-state index in [1.807, 2.05) is 0 Å². The summed E-state index contributed by atoms with van der Waals surface area (Å²) >= 11 is 0. The first-order valence-corrected chi connectivity index (χ1v) is 21.6. The van der Waals surface area contributed by atoms with Crippen LogP contribution in [0.2, 0.25) is 0 Å². The molecule has 296 valence electrons. The molecule has 0 radical (unpaired) electrons. The second-order valence-electron chi connectivity index (χ2n) is 13.2. The first-order chi connectivity index (χ1) is 24.8. The Balaban J connectivity index is 3.65. The van der Waals surface area contributed by atoms with E-state index in [1.165, 1.54) is 64.2 Å². The lowest BCUT2D eigenvalue weighted by atomic mass is 10.1. The number of aliphatic hydroxyl groups excluding tert-OH is 1. The maximum absolute atomic E-state index is 12.1. The van der Waals surface area contributed by atoms with Crippen LogP contribution in [0.25, 0.3) is 0 Å². The summed E-state index contributed by atoms with van der Waals surface area (Å²) in [4.78, 5) is 33.8. The maximum Gasteiger partial charge on any atom is 0.472 e. The molecule has 0 aliphatic rings. The lowest BCUT2D eigenvalue weighted by Crippen LogP contribution is -2.27. The summed E-state index contributed by atoms with van der Waals surface area (Å²) < 4.78 is 26.8. The molecule has 0 saturated carbocycles. The zero-order chi connectivity index (χ0) is 37.5. The number of amides is 1. The molecule has 0 spiro atoms. The number of allylic oxidation sites excluding steroid dienone is 8. The second kappa shape index (κ2) is 37.7. The third-order valence-electron chi connectivity index (χ3n) is 8.24. The molecular formula is C41H74NO8P. The van der Waals surface area contributed by atoms with Crippen LogP contribution < -0.4 is 5.32 Å². The van der Waals surface area contributed by atoms with Gasteiger partial charge < -0.3 is 20.1 Å². The molecule has 0 fully saturated rings. The van der Waals surface area contributed by atoms with Crippen molar-refractivity contribution in [1.29, 1.82) is 0 Å². The Kier molecular flexibility index (Phi) is 36.2. The van der Waals surface area contributed by atoms with E-state index in [-0.39, 0.29) is 32.1 Å². The van der Waals surface area contributed by atoms with Gasteiger partial charge in [0, 0.05) is 19.4 Å². The monoisotopic (exact) mass is 740 g/mol. The summed E-state index contributed by atoms with van der Waals surface area (Å²) in [6.45, 7) is 3.38. The number of esters is 1. The Bertz CT molecular complexity index is 981.